The van der Waals surface area contributed by atoms with Crippen molar-refractivity contribution in [3.8, 4) is 0 Å². The number of anilines is 1. The number of hydrogen-bond donors (Lipinski definition) is 1. The number of nitrogens with one attached hydrogen (secondary N) is 1. The summed E-state index contributed by atoms with van der Waals surface area (Å²) >= 11 is 1.72. The predicted octanol–water partition coefficient (Wildman–Crippen LogP) is 1.82. The Bertz CT molecular complexity index is 501. The Labute approximate surface area is 128 Å². The summed E-state index contributed by atoms with van der Waals surface area (Å²) in [6.45, 7) is 3.82. The summed E-state index contributed by atoms with van der Waals surface area (Å²) in [6.07, 6.45) is 4.84. The van der Waals surface area contributed by atoms with Crippen LogP contribution in [0.2, 0.25) is 0 Å². The molecule has 0 radical (unpaired) electrons. The average Bonchev–Trinajstić information content (AvgIpc) is 2.56. The largest absolute Gasteiger partial charge is 0.351 e. The lowest BCUT2D eigenvalue weighted by atomic mass is 10.0. The van der Waals surface area contributed by atoms with Crippen LogP contribution in [0.4, 0.5) is 11.5 Å². The van der Waals surface area contributed by atoms with Crippen LogP contribution in [0, 0.1) is 10.1 Å². The Kier molecular flexibility index (Phi) is 4.57. The van der Waals surface area contributed by atoms with Crippen LogP contribution in [0.15, 0.2) is 18.3 Å². The zero-order valence-electron chi connectivity index (χ0n) is 11.8. The van der Waals surface area contributed by atoms with E-state index in [4.69, 9.17) is 0 Å². The van der Waals surface area contributed by atoms with E-state index >= 15 is 0 Å². The minimum Gasteiger partial charge on any atom is -0.351 e. The monoisotopic (exact) mass is 309 g/mol. The number of hydrogen-bond acceptors (Lipinski definition) is 7. The summed E-state index contributed by atoms with van der Waals surface area (Å²) in [4.78, 5) is 17.0. The van der Waals surface area contributed by atoms with Crippen molar-refractivity contribution in [2.45, 2.75) is 25.3 Å². The summed E-state index contributed by atoms with van der Waals surface area (Å²) < 4.78 is 5.74. The molecule has 1 aromatic rings. The van der Waals surface area contributed by atoms with E-state index in [0.29, 0.717) is 11.9 Å². The molecule has 0 bridgehead atoms. The van der Waals surface area contributed by atoms with Crippen LogP contribution in [0.5, 0.6) is 0 Å². The molecule has 7 nitrogen and oxygen atoms in total. The van der Waals surface area contributed by atoms with Gasteiger partial charge in [0.1, 0.15) is 0 Å². The Morgan fingerprint density at radius 2 is 2.19 bits per heavy atom. The predicted molar refractivity (Wildman–Crippen MR) is 83.0 cm³/mol. The van der Waals surface area contributed by atoms with Crippen molar-refractivity contribution in [2.75, 3.05) is 31.1 Å². The minimum atomic E-state index is -0.348. The number of pyridine rings is 1. The molecule has 1 aromatic heterocycles. The van der Waals surface area contributed by atoms with Gasteiger partial charge in [-0.15, -0.1) is 0 Å². The minimum absolute atomic E-state index is 0.102. The highest BCUT2D eigenvalue weighted by Crippen LogP contribution is 2.30. The van der Waals surface area contributed by atoms with Crippen molar-refractivity contribution in [1.29, 1.82) is 0 Å². The Morgan fingerprint density at radius 3 is 2.86 bits per heavy atom. The fourth-order valence-electron chi connectivity index (χ4n) is 2.88. The molecule has 8 heteroatoms. The highest BCUT2D eigenvalue weighted by atomic mass is 32.2. The first-order valence-electron chi connectivity index (χ1n) is 7.26. The highest BCUT2D eigenvalue weighted by molar-refractivity contribution is 7.95. The number of nitro groups is 1. The number of rotatable bonds is 3. The van der Waals surface area contributed by atoms with Crippen LogP contribution in [-0.2, 0) is 0 Å². The Morgan fingerprint density at radius 1 is 1.38 bits per heavy atom. The van der Waals surface area contributed by atoms with Gasteiger partial charge in [0.25, 0.3) is 0 Å². The average molecular weight is 309 g/mol. The second-order valence-corrected chi connectivity index (χ2v) is 6.24. The van der Waals surface area contributed by atoms with E-state index in [-0.39, 0.29) is 10.6 Å². The molecule has 0 saturated carbocycles. The molecular weight excluding hydrogens is 290 g/mol. The van der Waals surface area contributed by atoms with Crippen molar-refractivity contribution in [1.82, 2.24) is 14.0 Å². The number of nitrogens with zero attached hydrogens (tertiary/aromatic N) is 4. The lowest BCUT2D eigenvalue weighted by Gasteiger charge is -2.39. The number of aromatic nitrogens is 1. The van der Waals surface area contributed by atoms with Crippen molar-refractivity contribution in [3.63, 3.8) is 0 Å². The molecule has 21 heavy (non-hydrogen) atoms. The first kappa shape index (κ1) is 14.6. The summed E-state index contributed by atoms with van der Waals surface area (Å²) in [5.41, 5.74) is 0.102. The third-order valence-electron chi connectivity index (χ3n) is 3.97. The van der Waals surface area contributed by atoms with E-state index in [2.05, 4.69) is 14.0 Å². The molecule has 0 aromatic carbocycles. The highest BCUT2D eigenvalue weighted by Gasteiger charge is 2.29. The van der Waals surface area contributed by atoms with Gasteiger partial charge in [-0.2, -0.15) is 0 Å². The normalized spacial score (nSPS) is 21.4. The second kappa shape index (κ2) is 6.59. The molecule has 0 amide bonds. The van der Waals surface area contributed by atoms with Crippen molar-refractivity contribution in [2.24, 2.45) is 0 Å². The van der Waals surface area contributed by atoms with Gasteiger partial charge in [-0.3, -0.25) is 14.8 Å². The quantitative estimate of drug-likeness (QED) is 0.518. The molecule has 0 unspecified atom stereocenters. The summed E-state index contributed by atoms with van der Waals surface area (Å²) in [5.74, 6) is 0.505. The van der Waals surface area contributed by atoms with Gasteiger partial charge >= 0.3 is 5.69 Å². The SMILES string of the molecule is O=[N+]([O-])c1cccnc1N1CCC(N2CCCNS2)CC1. The zero-order valence-corrected chi connectivity index (χ0v) is 12.6. The van der Waals surface area contributed by atoms with Gasteiger partial charge in [0.05, 0.1) is 4.92 Å². The van der Waals surface area contributed by atoms with E-state index in [1.54, 1.807) is 24.4 Å². The van der Waals surface area contributed by atoms with Gasteiger partial charge < -0.3 is 4.90 Å². The van der Waals surface area contributed by atoms with Crippen LogP contribution in [0.3, 0.4) is 0 Å². The lowest BCUT2D eigenvalue weighted by Crippen LogP contribution is -2.45. The molecule has 0 aliphatic carbocycles. The van der Waals surface area contributed by atoms with Gasteiger partial charge in [-0.25, -0.2) is 9.29 Å². The second-order valence-electron chi connectivity index (χ2n) is 5.30. The van der Waals surface area contributed by atoms with Crippen LogP contribution < -0.4 is 9.62 Å². The summed E-state index contributed by atoms with van der Waals surface area (Å²) in [7, 11) is 0. The van der Waals surface area contributed by atoms with Crippen LogP contribution >= 0.6 is 12.1 Å². The van der Waals surface area contributed by atoms with Gasteiger partial charge in [0.2, 0.25) is 5.82 Å². The first-order valence-corrected chi connectivity index (χ1v) is 8.04. The number of piperidine rings is 1. The summed E-state index contributed by atoms with van der Waals surface area (Å²) in [5, 5.41) is 11.1. The molecule has 1 N–H and O–H groups in total. The van der Waals surface area contributed by atoms with Crippen LogP contribution in [0.1, 0.15) is 19.3 Å². The lowest BCUT2D eigenvalue weighted by molar-refractivity contribution is -0.384. The van der Waals surface area contributed by atoms with Crippen molar-refractivity contribution in [3.05, 3.63) is 28.4 Å². The fraction of sp³-hybridized carbons (Fsp3) is 0.615. The van der Waals surface area contributed by atoms with Gasteiger partial charge in [0.15, 0.2) is 0 Å². The molecular formula is C13H19N5O2S. The molecule has 2 saturated heterocycles. The van der Waals surface area contributed by atoms with E-state index in [1.165, 1.54) is 12.5 Å². The standard InChI is InChI=1S/C13H19N5O2S/c19-18(20)12-3-1-6-14-13(12)16-9-4-11(5-10-16)17-8-2-7-15-21-17/h1,3,6,11,15H,2,4-5,7-10H2. The molecule has 2 aliphatic heterocycles. The van der Waals surface area contributed by atoms with E-state index in [0.717, 1.165) is 39.0 Å². The molecule has 0 spiro atoms. The third-order valence-corrected chi connectivity index (χ3v) is 5.02. The van der Waals surface area contributed by atoms with Crippen LogP contribution in [-0.4, -0.2) is 46.4 Å². The van der Waals surface area contributed by atoms with Crippen molar-refractivity contribution < 1.29 is 4.92 Å². The third kappa shape index (κ3) is 3.28. The van der Waals surface area contributed by atoms with Crippen molar-refractivity contribution >= 4 is 23.6 Å². The van der Waals surface area contributed by atoms with Gasteiger partial charge in [0, 0.05) is 56.6 Å². The topological polar surface area (TPSA) is 74.5 Å². The molecule has 2 aliphatic rings. The zero-order chi connectivity index (χ0) is 14.7. The van der Waals surface area contributed by atoms with E-state index in [9.17, 15) is 10.1 Å². The molecule has 114 valence electrons. The maximum atomic E-state index is 11.1. The Balaban J connectivity index is 1.64. The van der Waals surface area contributed by atoms with E-state index < -0.39 is 0 Å². The van der Waals surface area contributed by atoms with Gasteiger partial charge in [-0.1, -0.05) is 0 Å². The van der Waals surface area contributed by atoms with Crippen LogP contribution in [0.25, 0.3) is 0 Å². The molecule has 2 fully saturated rings. The maximum absolute atomic E-state index is 11.1. The molecule has 3 heterocycles. The smallest absolute Gasteiger partial charge is 0.311 e. The summed E-state index contributed by atoms with van der Waals surface area (Å²) in [6, 6.07) is 3.69. The maximum Gasteiger partial charge on any atom is 0.311 e. The Hall–Kier alpha value is -1.38. The van der Waals surface area contributed by atoms with Gasteiger partial charge in [-0.05, 0) is 25.3 Å². The molecule has 0 atom stereocenters. The first-order chi connectivity index (χ1) is 10.3. The fourth-order valence-corrected chi connectivity index (χ4v) is 3.86. The molecule has 3 rings (SSSR count). The van der Waals surface area contributed by atoms with E-state index in [1.807, 2.05) is 4.90 Å².